The van der Waals surface area contributed by atoms with Gasteiger partial charge in [0.1, 0.15) is 6.04 Å². The summed E-state index contributed by atoms with van der Waals surface area (Å²) in [6.07, 6.45) is 0.963. The highest BCUT2D eigenvalue weighted by atomic mass is 16.3. The molecule has 1 aliphatic heterocycles. The Labute approximate surface area is 141 Å². The summed E-state index contributed by atoms with van der Waals surface area (Å²) in [6.45, 7) is 1.86. The number of hydrogen-bond acceptors (Lipinski definition) is 4. The zero-order valence-corrected chi connectivity index (χ0v) is 13.7. The molecule has 0 radical (unpaired) electrons. The first-order chi connectivity index (χ1) is 11.5. The molecule has 4 amide bonds. The van der Waals surface area contributed by atoms with E-state index in [4.69, 9.17) is 5.11 Å². The number of carbonyl (C=O) groups is 3. The molecular weight excluding hydrogens is 310 g/mol. The van der Waals surface area contributed by atoms with Gasteiger partial charge in [0.15, 0.2) is 0 Å². The van der Waals surface area contributed by atoms with E-state index in [1.54, 1.807) is 6.92 Å². The fourth-order valence-corrected chi connectivity index (χ4v) is 2.54. The first-order valence-corrected chi connectivity index (χ1v) is 8.07. The minimum Gasteiger partial charge on any atom is -0.394 e. The van der Waals surface area contributed by atoms with Crippen molar-refractivity contribution in [3.63, 3.8) is 0 Å². The summed E-state index contributed by atoms with van der Waals surface area (Å²) in [5, 5.41) is 14.1. The van der Waals surface area contributed by atoms with Crippen LogP contribution in [0.2, 0.25) is 0 Å². The van der Waals surface area contributed by atoms with Gasteiger partial charge in [-0.25, -0.2) is 4.79 Å². The number of amides is 4. The van der Waals surface area contributed by atoms with Crippen LogP contribution in [-0.2, 0) is 16.0 Å². The van der Waals surface area contributed by atoms with E-state index in [-0.39, 0.29) is 37.3 Å². The quantitative estimate of drug-likeness (QED) is 0.601. The van der Waals surface area contributed by atoms with Gasteiger partial charge in [0.25, 0.3) is 5.91 Å². The van der Waals surface area contributed by atoms with Gasteiger partial charge in [-0.3, -0.25) is 14.5 Å². The molecule has 0 saturated carbocycles. The lowest BCUT2D eigenvalue weighted by atomic mass is 10.1. The van der Waals surface area contributed by atoms with Crippen LogP contribution in [0.25, 0.3) is 0 Å². The molecule has 1 saturated heterocycles. The van der Waals surface area contributed by atoms with Crippen LogP contribution in [0.5, 0.6) is 0 Å². The lowest BCUT2D eigenvalue weighted by molar-refractivity contribution is -0.127. The molecule has 0 aromatic heterocycles. The molecule has 24 heavy (non-hydrogen) atoms. The van der Waals surface area contributed by atoms with Crippen molar-refractivity contribution in [1.82, 2.24) is 15.5 Å². The second-order valence-electron chi connectivity index (χ2n) is 5.92. The number of urea groups is 1. The Balaban J connectivity index is 1.81. The van der Waals surface area contributed by atoms with Crippen molar-refractivity contribution >= 4 is 17.8 Å². The summed E-state index contributed by atoms with van der Waals surface area (Å²) in [5.41, 5.74) is 1.05. The highest BCUT2D eigenvalue weighted by Gasteiger charge is 2.37. The molecule has 7 nitrogen and oxygen atoms in total. The van der Waals surface area contributed by atoms with Crippen molar-refractivity contribution in [2.45, 2.75) is 38.3 Å². The van der Waals surface area contributed by atoms with Crippen molar-refractivity contribution in [3.8, 4) is 0 Å². The summed E-state index contributed by atoms with van der Waals surface area (Å²) in [6, 6.07) is 8.23. The van der Waals surface area contributed by atoms with Crippen molar-refractivity contribution < 1.29 is 19.5 Å². The van der Waals surface area contributed by atoms with Crippen molar-refractivity contribution in [1.29, 1.82) is 0 Å². The second kappa shape index (κ2) is 8.44. The first kappa shape index (κ1) is 17.9. The third kappa shape index (κ3) is 4.79. The summed E-state index contributed by atoms with van der Waals surface area (Å²) in [7, 11) is 0. The standard InChI is InChI=1S/C17H23N3O4/c1-12(11-21)18-15(22)8-7-14-16(23)20(17(24)19-14)10-9-13-5-3-2-4-6-13/h2-6,12,14,21H,7-11H2,1H3,(H,18,22)(H,19,24)/t12-,14-/m0/s1. The van der Waals surface area contributed by atoms with Crippen molar-refractivity contribution in [3.05, 3.63) is 35.9 Å². The summed E-state index contributed by atoms with van der Waals surface area (Å²) < 4.78 is 0. The van der Waals surface area contributed by atoms with Gasteiger partial charge in [0.2, 0.25) is 5.91 Å². The molecule has 1 aliphatic rings. The first-order valence-electron chi connectivity index (χ1n) is 8.07. The predicted molar refractivity (Wildman–Crippen MR) is 88.1 cm³/mol. The number of nitrogens with one attached hydrogen (secondary N) is 2. The zero-order valence-electron chi connectivity index (χ0n) is 13.7. The average Bonchev–Trinajstić information content (AvgIpc) is 2.85. The zero-order chi connectivity index (χ0) is 17.5. The highest BCUT2D eigenvalue weighted by Crippen LogP contribution is 2.12. The van der Waals surface area contributed by atoms with Crippen LogP contribution in [0.1, 0.15) is 25.3 Å². The topological polar surface area (TPSA) is 98.7 Å². The molecule has 0 bridgehead atoms. The normalized spacial score (nSPS) is 18.4. The third-order valence-electron chi connectivity index (χ3n) is 3.92. The molecule has 0 aliphatic carbocycles. The van der Waals surface area contributed by atoms with E-state index in [9.17, 15) is 14.4 Å². The number of aliphatic hydroxyl groups is 1. The molecule has 0 spiro atoms. The molecular formula is C17H23N3O4. The smallest absolute Gasteiger partial charge is 0.324 e. The predicted octanol–water partition coefficient (Wildman–Crippen LogP) is 0.427. The molecule has 2 rings (SSSR count). The van der Waals surface area contributed by atoms with E-state index in [0.717, 1.165) is 5.56 Å². The lowest BCUT2D eigenvalue weighted by Gasteiger charge is -2.13. The fraction of sp³-hybridized carbons (Fsp3) is 0.471. The molecule has 2 atom stereocenters. The Hall–Kier alpha value is -2.41. The maximum Gasteiger partial charge on any atom is 0.324 e. The number of imide groups is 1. The number of carbonyl (C=O) groups excluding carboxylic acids is 3. The van der Waals surface area contributed by atoms with Gasteiger partial charge in [-0.2, -0.15) is 0 Å². The van der Waals surface area contributed by atoms with Gasteiger partial charge in [0.05, 0.1) is 6.61 Å². The second-order valence-corrected chi connectivity index (χ2v) is 5.92. The molecule has 1 heterocycles. The van der Waals surface area contributed by atoms with Gasteiger partial charge in [-0.15, -0.1) is 0 Å². The van der Waals surface area contributed by atoms with Gasteiger partial charge in [0, 0.05) is 19.0 Å². The van der Waals surface area contributed by atoms with E-state index in [1.165, 1.54) is 4.90 Å². The van der Waals surface area contributed by atoms with Crippen LogP contribution in [0, 0.1) is 0 Å². The van der Waals surface area contributed by atoms with Crippen LogP contribution in [0.4, 0.5) is 4.79 Å². The van der Waals surface area contributed by atoms with E-state index in [2.05, 4.69) is 10.6 Å². The summed E-state index contributed by atoms with van der Waals surface area (Å²) in [4.78, 5) is 37.1. The van der Waals surface area contributed by atoms with Gasteiger partial charge < -0.3 is 15.7 Å². The van der Waals surface area contributed by atoms with Gasteiger partial charge in [-0.05, 0) is 25.3 Å². The molecule has 7 heteroatoms. The molecule has 1 aromatic carbocycles. The molecule has 0 unspecified atom stereocenters. The number of rotatable bonds is 8. The number of benzene rings is 1. The number of hydrogen-bond donors (Lipinski definition) is 3. The largest absolute Gasteiger partial charge is 0.394 e. The van der Waals surface area contributed by atoms with E-state index in [0.29, 0.717) is 13.0 Å². The van der Waals surface area contributed by atoms with E-state index in [1.807, 2.05) is 30.3 Å². The van der Waals surface area contributed by atoms with Crippen LogP contribution in [0.15, 0.2) is 30.3 Å². The Kier molecular flexibility index (Phi) is 6.31. The van der Waals surface area contributed by atoms with E-state index >= 15 is 0 Å². The van der Waals surface area contributed by atoms with Crippen molar-refractivity contribution in [2.24, 2.45) is 0 Å². The maximum atomic E-state index is 12.3. The average molecular weight is 333 g/mol. The van der Waals surface area contributed by atoms with Crippen molar-refractivity contribution in [2.75, 3.05) is 13.2 Å². The van der Waals surface area contributed by atoms with Crippen LogP contribution in [0.3, 0.4) is 0 Å². The third-order valence-corrected chi connectivity index (χ3v) is 3.92. The Bertz CT molecular complexity index is 591. The SMILES string of the molecule is C[C@@H](CO)NC(=O)CC[C@@H]1NC(=O)N(CCc2ccccc2)C1=O. The minimum absolute atomic E-state index is 0.119. The van der Waals surface area contributed by atoms with Crippen LogP contribution >= 0.6 is 0 Å². The lowest BCUT2D eigenvalue weighted by Crippen LogP contribution is -2.37. The number of aliphatic hydroxyl groups excluding tert-OH is 1. The highest BCUT2D eigenvalue weighted by molar-refractivity contribution is 6.04. The number of nitrogens with zero attached hydrogens (tertiary/aromatic N) is 1. The van der Waals surface area contributed by atoms with Crippen LogP contribution < -0.4 is 10.6 Å². The summed E-state index contributed by atoms with van der Waals surface area (Å²) in [5.74, 6) is -0.541. The van der Waals surface area contributed by atoms with Gasteiger partial charge >= 0.3 is 6.03 Å². The molecule has 3 N–H and O–H groups in total. The van der Waals surface area contributed by atoms with Gasteiger partial charge in [-0.1, -0.05) is 30.3 Å². The maximum absolute atomic E-state index is 12.3. The molecule has 130 valence electrons. The molecule has 1 fully saturated rings. The fourth-order valence-electron chi connectivity index (χ4n) is 2.54. The Morgan fingerprint density at radius 1 is 1.33 bits per heavy atom. The summed E-state index contributed by atoms with van der Waals surface area (Å²) >= 11 is 0. The minimum atomic E-state index is -0.663. The monoisotopic (exact) mass is 333 g/mol. The Morgan fingerprint density at radius 2 is 2.04 bits per heavy atom. The van der Waals surface area contributed by atoms with E-state index < -0.39 is 12.1 Å². The van der Waals surface area contributed by atoms with Crippen LogP contribution in [-0.4, -0.2) is 53.1 Å². The Morgan fingerprint density at radius 3 is 2.71 bits per heavy atom. The molecule has 1 aromatic rings.